The Bertz CT molecular complexity index is 1320. The van der Waals surface area contributed by atoms with E-state index in [1.165, 1.54) is 51.3 Å². The summed E-state index contributed by atoms with van der Waals surface area (Å²) >= 11 is 0. The molecular weight excluding hydrogens is 502 g/mol. The van der Waals surface area contributed by atoms with Crippen LogP contribution in [0.1, 0.15) is 37.8 Å². The number of carbonyl (C=O) groups is 1. The molecule has 1 fully saturated rings. The topological polar surface area (TPSA) is 88.2 Å². The van der Waals surface area contributed by atoms with Crippen molar-refractivity contribution < 1.29 is 22.7 Å². The zero-order chi connectivity index (χ0) is 27.1. The minimum Gasteiger partial charge on any atom is -0.493 e. The van der Waals surface area contributed by atoms with Crippen molar-refractivity contribution in [2.45, 2.75) is 37.1 Å². The molecule has 202 valence electrons. The van der Waals surface area contributed by atoms with E-state index in [1.807, 2.05) is 19.1 Å². The van der Waals surface area contributed by atoms with E-state index in [4.69, 9.17) is 9.47 Å². The Morgan fingerprint density at radius 1 is 0.921 bits per heavy atom. The summed E-state index contributed by atoms with van der Waals surface area (Å²) in [5.74, 6) is 0.395. The first-order chi connectivity index (χ1) is 18.3. The molecule has 9 heteroatoms. The molecule has 1 atom stereocenters. The lowest BCUT2D eigenvalue weighted by molar-refractivity contribution is -0.120. The zero-order valence-electron chi connectivity index (χ0n) is 22.1. The molecular formula is C29H35N3O5S. The SMILES string of the molecule is COc1ccc(N(CC(=O)NC(C)c2ccc(N3CCCCC3)cc2)S(=O)(=O)c2ccccc2)cc1OC. The van der Waals surface area contributed by atoms with E-state index in [0.29, 0.717) is 17.2 Å². The third-order valence-electron chi connectivity index (χ3n) is 6.77. The molecule has 0 bridgehead atoms. The molecule has 3 aromatic rings. The van der Waals surface area contributed by atoms with Gasteiger partial charge in [0.1, 0.15) is 6.54 Å². The summed E-state index contributed by atoms with van der Waals surface area (Å²) in [6.07, 6.45) is 3.69. The minimum absolute atomic E-state index is 0.0870. The molecule has 0 spiro atoms. The molecule has 8 nitrogen and oxygen atoms in total. The number of nitrogens with one attached hydrogen (secondary N) is 1. The molecule has 1 unspecified atom stereocenters. The minimum atomic E-state index is -4.04. The molecule has 4 rings (SSSR count). The number of anilines is 2. The number of methoxy groups -OCH3 is 2. The lowest BCUT2D eigenvalue weighted by Gasteiger charge is -2.29. The second-order valence-corrected chi connectivity index (χ2v) is 11.2. The molecule has 0 aromatic heterocycles. The van der Waals surface area contributed by atoms with Crippen LogP contribution in [0.5, 0.6) is 11.5 Å². The summed E-state index contributed by atoms with van der Waals surface area (Å²) in [5, 5.41) is 2.96. The van der Waals surface area contributed by atoms with E-state index in [9.17, 15) is 13.2 Å². The Morgan fingerprint density at radius 2 is 1.58 bits per heavy atom. The van der Waals surface area contributed by atoms with Crippen LogP contribution in [-0.4, -0.2) is 48.2 Å². The van der Waals surface area contributed by atoms with Crippen molar-refractivity contribution >= 4 is 27.3 Å². The molecule has 1 amide bonds. The van der Waals surface area contributed by atoms with Crippen LogP contribution in [0.25, 0.3) is 0 Å². The van der Waals surface area contributed by atoms with Gasteiger partial charge in [-0.2, -0.15) is 0 Å². The molecule has 0 saturated carbocycles. The van der Waals surface area contributed by atoms with Gasteiger partial charge in [0.25, 0.3) is 10.0 Å². The van der Waals surface area contributed by atoms with E-state index >= 15 is 0 Å². The van der Waals surface area contributed by atoms with Gasteiger partial charge in [0.2, 0.25) is 5.91 Å². The largest absolute Gasteiger partial charge is 0.493 e. The van der Waals surface area contributed by atoms with Crippen molar-refractivity contribution in [3.63, 3.8) is 0 Å². The summed E-state index contributed by atoms with van der Waals surface area (Å²) in [5.41, 5.74) is 2.42. The van der Waals surface area contributed by atoms with E-state index < -0.39 is 22.5 Å². The summed E-state index contributed by atoms with van der Waals surface area (Å²) < 4.78 is 39.0. The monoisotopic (exact) mass is 537 g/mol. The number of hydrogen-bond donors (Lipinski definition) is 1. The Balaban J connectivity index is 1.54. The number of nitrogens with zero attached hydrogens (tertiary/aromatic N) is 2. The number of hydrogen-bond acceptors (Lipinski definition) is 6. The highest BCUT2D eigenvalue weighted by molar-refractivity contribution is 7.92. The van der Waals surface area contributed by atoms with Gasteiger partial charge < -0.3 is 19.7 Å². The molecule has 1 saturated heterocycles. The lowest BCUT2D eigenvalue weighted by Crippen LogP contribution is -2.41. The Kier molecular flexibility index (Phi) is 8.78. The third kappa shape index (κ3) is 6.22. The van der Waals surface area contributed by atoms with Crippen molar-refractivity contribution in [2.75, 3.05) is 43.1 Å². The highest BCUT2D eigenvalue weighted by atomic mass is 32.2. The summed E-state index contributed by atoms with van der Waals surface area (Å²) in [7, 11) is -1.06. The fourth-order valence-electron chi connectivity index (χ4n) is 4.64. The van der Waals surface area contributed by atoms with Gasteiger partial charge in [-0.05, 0) is 68.1 Å². The molecule has 3 aromatic carbocycles. The standard InChI is InChI=1S/C29H35N3O5S/c1-22(23-12-14-24(15-13-23)31-18-8-5-9-19-31)30-29(33)21-32(38(34,35)26-10-6-4-7-11-26)25-16-17-27(36-2)28(20-25)37-3/h4,6-7,10-17,20,22H,5,8-9,18-19,21H2,1-3H3,(H,30,33). The van der Waals surface area contributed by atoms with E-state index in [2.05, 4.69) is 22.3 Å². The fourth-order valence-corrected chi connectivity index (χ4v) is 6.08. The number of carbonyl (C=O) groups excluding carboxylic acids is 1. The maximum Gasteiger partial charge on any atom is 0.264 e. The first-order valence-corrected chi connectivity index (χ1v) is 14.2. The average molecular weight is 538 g/mol. The van der Waals surface area contributed by atoms with Crippen LogP contribution in [0, 0.1) is 0 Å². The predicted octanol–water partition coefficient (Wildman–Crippen LogP) is 4.77. The van der Waals surface area contributed by atoms with E-state index in [0.717, 1.165) is 23.0 Å². The molecule has 38 heavy (non-hydrogen) atoms. The smallest absolute Gasteiger partial charge is 0.264 e. The van der Waals surface area contributed by atoms with Crippen molar-refractivity contribution in [1.82, 2.24) is 5.32 Å². The molecule has 1 aliphatic rings. The van der Waals surface area contributed by atoms with Crippen LogP contribution in [0.3, 0.4) is 0 Å². The van der Waals surface area contributed by atoms with Crippen molar-refractivity contribution in [1.29, 1.82) is 0 Å². The van der Waals surface area contributed by atoms with Crippen molar-refractivity contribution in [3.8, 4) is 11.5 Å². The van der Waals surface area contributed by atoms with Gasteiger partial charge in [-0.25, -0.2) is 8.42 Å². The highest BCUT2D eigenvalue weighted by Gasteiger charge is 2.28. The van der Waals surface area contributed by atoms with Gasteiger partial charge in [0.05, 0.1) is 30.8 Å². The third-order valence-corrected chi connectivity index (χ3v) is 8.55. The van der Waals surface area contributed by atoms with E-state index in [-0.39, 0.29) is 10.9 Å². The van der Waals surface area contributed by atoms with Crippen LogP contribution in [0.4, 0.5) is 11.4 Å². The first kappa shape index (κ1) is 27.3. The average Bonchev–Trinajstić information content (AvgIpc) is 2.96. The highest BCUT2D eigenvalue weighted by Crippen LogP contribution is 2.34. The van der Waals surface area contributed by atoms with Gasteiger partial charge in [-0.3, -0.25) is 9.10 Å². The normalized spacial score (nSPS) is 14.4. The molecule has 1 aliphatic heterocycles. The lowest BCUT2D eigenvalue weighted by atomic mass is 10.1. The number of rotatable bonds is 10. The number of piperidine rings is 1. The number of benzene rings is 3. The zero-order valence-corrected chi connectivity index (χ0v) is 22.9. The maximum atomic E-state index is 13.6. The van der Waals surface area contributed by atoms with Crippen LogP contribution >= 0.6 is 0 Å². The van der Waals surface area contributed by atoms with Crippen molar-refractivity contribution in [2.24, 2.45) is 0 Å². The van der Waals surface area contributed by atoms with E-state index in [1.54, 1.807) is 36.4 Å². The van der Waals surface area contributed by atoms with Gasteiger partial charge >= 0.3 is 0 Å². The summed E-state index contributed by atoms with van der Waals surface area (Å²) in [4.78, 5) is 15.7. The Labute approximate surface area is 225 Å². The van der Waals surface area contributed by atoms with Gasteiger partial charge in [-0.1, -0.05) is 30.3 Å². The first-order valence-electron chi connectivity index (χ1n) is 12.8. The fraction of sp³-hybridized carbons (Fsp3) is 0.345. The quantitative estimate of drug-likeness (QED) is 0.401. The molecule has 1 heterocycles. The predicted molar refractivity (Wildman–Crippen MR) is 150 cm³/mol. The van der Waals surface area contributed by atoms with Crippen LogP contribution in [0.15, 0.2) is 77.7 Å². The Morgan fingerprint density at radius 3 is 2.21 bits per heavy atom. The van der Waals surface area contributed by atoms with Crippen LogP contribution in [-0.2, 0) is 14.8 Å². The number of amides is 1. The van der Waals surface area contributed by atoms with Crippen LogP contribution < -0.4 is 24.0 Å². The maximum absolute atomic E-state index is 13.6. The summed E-state index contributed by atoms with van der Waals surface area (Å²) in [6, 6.07) is 20.7. The molecule has 0 aliphatic carbocycles. The molecule has 1 N–H and O–H groups in total. The second kappa shape index (κ2) is 12.2. The van der Waals surface area contributed by atoms with Gasteiger partial charge in [-0.15, -0.1) is 0 Å². The molecule has 0 radical (unpaired) electrons. The van der Waals surface area contributed by atoms with Crippen LogP contribution in [0.2, 0.25) is 0 Å². The number of ether oxygens (including phenoxy) is 2. The summed E-state index contributed by atoms with van der Waals surface area (Å²) in [6.45, 7) is 3.62. The van der Waals surface area contributed by atoms with Gasteiger partial charge in [0.15, 0.2) is 11.5 Å². The second-order valence-electron chi connectivity index (χ2n) is 9.29. The Hall–Kier alpha value is -3.72. The van der Waals surface area contributed by atoms with Crippen molar-refractivity contribution in [3.05, 3.63) is 78.4 Å². The number of sulfonamides is 1. The van der Waals surface area contributed by atoms with Gasteiger partial charge in [0, 0.05) is 24.8 Å².